The molecule has 1 fully saturated rings. The molecule has 0 spiro atoms. The number of nitrogens with zero attached hydrogens (tertiary/aromatic N) is 1. The minimum Gasteiger partial charge on any atom is -0.377 e. The summed E-state index contributed by atoms with van der Waals surface area (Å²) in [6.07, 6.45) is 6.58. The van der Waals surface area contributed by atoms with E-state index in [0.29, 0.717) is 0 Å². The highest BCUT2D eigenvalue weighted by Crippen LogP contribution is 2.24. The fraction of sp³-hybridized carbons (Fsp3) is 1.00. The van der Waals surface area contributed by atoms with Gasteiger partial charge in [-0.25, -0.2) is 0 Å². The molecular weight excluding hydrogens is 258 g/mol. The maximum Gasteiger partial charge on any atom is 0.500 e. The Labute approximate surface area is 120 Å². The molecule has 1 rings (SSSR count). The smallest absolute Gasteiger partial charge is 0.377 e. The number of likely N-dealkylation sites (tertiary alicyclic amines) is 1. The predicted molar refractivity (Wildman–Crippen MR) is 80.1 cm³/mol. The zero-order valence-corrected chi connectivity index (χ0v) is 14.2. The lowest BCUT2D eigenvalue weighted by atomic mass is 10.2. The number of unbranched alkanes of at least 4 members (excludes halogenated alkanes) is 1. The summed E-state index contributed by atoms with van der Waals surface area (Å²) in [5, 5.41) is 0. The van der Waals surface area contributed by atoms with Crippen LogP contribution in [0.25, 0.3) is 0 Å². The van der Waals surface area contributed by atoms with Gasteiger partial charge in [0.2, 0.25) is 0 Å². The topological polar surface area (TPSA) is 27.7 Å². The summed E-state index contributed by atoms with van der Waals surface area (Å²) in [6.45, 7) is 7.61. The van der Waals surface area contributed by atoms with Gasteiger partial charge in [-0.15, -0.1) is 0 Å². The van der Waals surface area contributed by atoms with E-state index in [0.717, 1.165) is 12.5 Å². The van der Waals surface area contributed by atoms with Gasteiger partial charge in [0.25, 0.3) is 0 Å². The molecule has 1 aliphatic rings. The van der Waals surface area contributed by atoms with Crippen LogP contribution in [0.1, 0.15) is 39.0 Å². The van der Waals surface area contributed by atoms with Gasteiger partial charge in [0.05, 0.1) is 26.2 Å². The summed E-state index contributed by atoms with van der Waals surface area (Å²) in [6, 6.07) is 0.933. The third-order valence-corrected chi connectivity index (χ3v) is 7.38. The third kappa shape index (κ3) is 4.83. The number of rotatable bonds is 10. The lowest BCUT2D eigenvalue weighted by molar-refractivity contribution is -0.917. The van der Waals surface area contributed by atoms with Crippen molar-refractivity contribution in [3.05, 3.63) is 0 Å². The van der Waals surface area contributed by atoms with Gasteiger partial charge in [-0.3, -0.25) is 0 Å². The minimum absolute atomic E-state index is 0.933. The van der Waals surface area contributed by atoms with Gasteiger partial charge in [0.15, 0.2) is 0 Å². The van der Waals surface area contributed by atoms with Crippen molar-refractivity contribution in [2.75, 3.05) is 47.5 Å². The lowest BCUT2D eigenvalue weighted by Crippen LogP contribution is -2.48. The maximum atomic E-state index is 5.50. The molecule has 0 unspecified atom stereocenters. The highest BCUT2D eigenvalue weighted by atomic mass is 28.4. The summed E-state index contributed by atoms with van der Waals surface area (Å²) in [7, 11) is 2.75. The van der Waals surface area contributed by atoms with E-state index < -0.39 is 8.80 Å². The molecule has 114 valence electrons. The Hall–Kier alpha value is 0.0569. The predicted octanol–water partition coefficient (Wildman–Crippen LogP) is 2.67. The molecule has 5 heteroatoms. The fourth-order valence-electron chi connectivity index (χ4n) is 3.25. The van der Waals surface area contributed by atoms with Crippen LogP contribution in [0.2, 0.25) is 6.04 Å². The molecule has 0 amide bonds. The van der Waals surface area contributed by atoms with Crippen molar-refractivity contribution in [2.45, 2.75) is 45.1 Å². The third-order valence-electron chi connectivity index (χ3n) is 4.55. The van der Waals surface area contributed by atoms with Gasteiger partial charge in [0.1, 0.15) is 0 Å². The number of hydrogen-bond acceptors (Lipinski definition) is 3. The largest absolute Gasteiger partial charge is 0.500 e. The first kappa shape index (κ1) is 17.1. The monoisotopic (exact) mass is 290 g/mol. The molecule has 1 saturated heterocycles. The highest BCUT2D eigenvalue weighted by Gasteiger charge is 2.39. The minimum atomic E-state index is -2.36. The molecule has 4 nitrogen and oxygen atoms in total. The van der Waals surface area contributed by atoms with Crippen LogP contribution in [-0.2, 0) is 13.3 Å². The second-order valence-corrected chi connectivity index (χ2v) is 8.79. The quantitative estimate of drug-likeness (QED) is 0.457. The summed E-state index contributed by atoms with van der Waals surface area (Å²) in [5.74, 6) is 0. The molecule has 0 bridgehead atoms. The highest BCUT2D eigenvalue weighted by molar-refractivity contribution is 6.60. The van der Waals surface area contributed by atoms with Gasteiger partial charge in [0, 0.05) is 46.6 Å². The van der Waals surface area contributed by atoms with E-state index in [1.54, 1.807) is 21.3 Å². The number of hydrogen-bond donors (Lipinski definition) is 0. The second kappa shape index (κ2) is 8.37. The second-order valence-electron chi connectivity index (χ2n) is 5.70. The van der Waals surface area contributed by atoms with Crippen LogP contribution in [0.15, 0.2) is 0 Å². The fourth-order valence-corrected chi connectivity index (χ4v) is 4.95. The molecule has 0 atom stereocenters. The molecule has 0 aromatic carbocycles. The van der Waals surface area contributed by atoms with Crippen LogP contribution >= 0.6 is 0 Å². The molecule has 0 N–H and O–H groups in total. The Morgan fingerprint density at radius 1 is 0.895 bits per heavy atom. The van der Waals surface area contributed by atoms with Crippen molar-refractivity contribution >= 4 is 8.80 Å². The summed E-state index contributed by atoms with van der Waals surface area (Å²) < 4.78 is 17.8. The van der Waals surface area contributed by atoms with Gasteiger partial charge in [-0.1, -0.05) is 13.3 Å². The van der Waals surface area contributed by atoms with Crippen LogP contribution in [0, 0.1) is 0 Å². The van der Waals surface area contributed by atoms with Crippen molar-refractivity contribution < 1.29 is 17.8 Å². The van der Waals surface area contributed by atoms with E-state index in [-0.39, 0.29) is 0 Å². The van der Waals surface area contributed by atoms with E-state index in [9.17, 15) is 0 Å². The summed E-state index contributed by atoms with van der Waals surface area (Å²) in [4.78, 5) is 0. The Bertz CT molecular complexity index is 233. The van der Waals surface area contributed by atoms with E-state index in [2.05, 4.69) is 6.92 Å². The van der Waals surface area contributed by atoms with Crippen molar-refractivity contribution in [1.82, 2.24) is 0 Å². The zero-order chi connectivity index (χ0) is 14.2. The van der Waals surface area contributed by atoms with Gasteiger partial charge in [-0.2, -0.15) is 0 Å². The van der Waals surface area contributed by atoms with Crippen LogP contribution in [-0.4, -0.2) is 60.8 Å². The SMILES string of the molecule is CCCC[N+]1(CCC[Si](OC)(OC)OC)CCCC1. The first-order chi connectivity index (χ1) is 9.16. The maximum absolute atomic E-state index is 5.50. The molecule has 1 heterocycles. The Kier molecular flexibility index (Phi) is 7.53. The molecule has 0 aliphatic carbocycles. The van der Waals surface area contributed by atoms with Crippen LogP contribution in [0.3, 0.4) is 0 Å². The Balaban J connectivity index is 2.43. The van der Waals surface area contributed by atoms with Crippen LogP contribution < -0.4 is 0 Å². The summed E-state index contributed by atoms with van der Waals surface area (Å²) >= 11 is 0. The van der Waals surface area contributed by atoms with Crippen molar-refractivity contribution in [1.29, 1.82) is 0 Å². The standard InChI is InChI=1S/C14H32NO3Si/c1-5-6-10-15(11-7-8-12-15)13-9-14-19(16-2,17-3)18-4/h5-14H2,1-4H3/q+1. The van der Waals surface area contributed by atoms with E-state index in [4.69, 9.17) is 13.3 Å². The Morgan fingerprint density at radius 2 is 1.42 bits per heavy atom. The lowest BCUT2D eigenvalue weighted by Gasteiger charge is -2.35. The normalized spacial score (nSPS) is 18.9. The summed E-state index contributed by atoms with van der Waals surface area (Å²) in [5.41, 5.74) is 0. The molecule has 0 saturated carbocycles. The molecule has 0 radical (unpaired) electrons. The van der Waals surface area contributed by atoms with Gasteiger partial charge >= 0.3 is 8.80 Å². The van der Waals surface area contributed by atoms with Crippen LogP contribution in [0.5, 0.6) is 0 Å². The van der Waals surface area contributed by atoms with Crippen LogP contribution in [0.4, 0.5) is 0 Å². The Morgan fingerprint density at radius 3 is 1.89 bits per heavy atom. The average Bonchev–Trinajstić information content (AvgIpc) is 2.91. The van der Waals surface area contributed by atoms with Crippen molar-refractivity contribution in [3.8, 4) is 0 Å². The average molecular weight is 291 g/mol. The first-order valence-corrected chi connectivity index (χ1v) is 9.59. The molecular formula is C14H32NO3Si+. The van der Waals surface area contributed by atoms with Gasteiger partial charge in [-0.05, 0) is 6.42 Å². The van der Waals surface area contributed by atoms with Crippen molar-refractivity contribution in [2.24, 2.45) is 0 Å². The van der Waals surface area contributed by atoms with E-state index in [1.165, 1.54) is 56.3 Å². The molecule has 0 aromatic heterocycles. The first-order valence-electron chi connectivity index (χ1n) is 7.66. The van der Waals surface area contributed by atoms with E-state index >= 15 is 0 Å². The molecule has 0 aromatic rings. The molecule has 19 heavy (non-hydrogen) atoms. The molecule has 1 aliphatic heterocycles. The zero-order valence-electron chi connectivity index (χ0n) is 13.2. The number of quaternary nitrogens is 1. The van der Waals surface area contributed by atoms with E-state index in [1.807, 2.05) is 0 Å². The van der Waals surface area contributed by atoms with Gasteiger partial charge < -0.3 is 17.8 Å². The van der Waals surface area contributed by atoms with Crippen molar-refractivity contribution in [3.63, 3.8) is 0 Å².